The predicted molar refractivity (Wildman–Crippen MR) is 56.3 cm³/mol. The summed E-state index contributed by atoms with van der Waals surface area (Å²) in [6.07, 6.45) is 0.874. The number of rotatable bonds is 4. The minimum atomic E-state index is 0.715. The third kappa shape index (κ3) is 3.01. The van der Waals surface area contributed by atoms with Crippen molar-refractivity contribution in [1.29, 1.82) is 0 Å². The average Bonchev–Trinajstić information content (AvgIpc) is 2.15. The molecule has 0 radical (unpaired) electrons. The molecule has 1 aromatic rings. The molecule has 0 saturated carbocycles. The summed E-state index contributed by atoms with van der Waals surface area (Å²) < 4.78 is 11.3. The molecule has 0 spiro atoms. The van der Waals surface area contributed by atoms with Crippen molar-refractivity contribution in [3.63, 3.8) is 0 Å². The van der Waals surface area contributed by atoms with Crippen molar-refractivity contribution < 1.29 is 9.47 Å². The highest BCUT2D eigenvalue weighted by Gasteiger charge is 2.02. The molecule has 0 aliphatic heterocycles. The summed E-state index contributed by atoms with van der Waals surface area (Å²) in [6, 6.07) is 5.97. The lowest BCUT2D eigenvalue weighted by atomic mass is 10.1. The van der Waals surface area contributed by atoms with Crippen LogP contribution in [0.1, 0.15) is 5.56 Å². The third-order valence-electron chi connectivity index (χ3n) is 1.82. The van der Waals surface area contributed by atoms with Crippen LogP contribution in [0.5, 0.6) is 5.75 Å². The van der Waals surface area contributed by atoms with E-state index < -0.39 is 0 Å². The van der Waals surface area contributed by atoms with E-state index in [9.17, 15) is 0 Å². The first-order valence-corrected chi connectivity index (χ1v) is 4.88. The first-order valence-electron chi connectivity index (χ1n) is 4.09. The van der Waals surface area contributed by atoms with Crippen molar-refractivity contribution in [2.45, 2.75) is 6.42 Å². The highest BCUT2D eigenvalue weighted by Crippen LogP contribution is 2.23. The molecule has 1 rings (SSSR count). The standard InChI is InChI=1S/C10H13BrO2/c1-12-6-5-8-7-9(11)3-4-10(8)13-2/h3-4,7H,5-6H2,1-2H3. The summed E-state index contributed by atoms with van der Waals surface area (Å²) in [6.45, 7) is 0.715. The average molecular weight is 245 g/mol. The Balaban J connectivity index is 2.81. The molecule has 13 heavy (non-hydrogen) atoms. The zero-order chi connectivity index (χ0) is 9.68. The Morgan fingerprint density at radius 2 is 2.08 bits per heavy atom. The zero-order valence-corrected chi connectivity index (χ0v) is 9.43. The Kier molecular flexibility index (Phi) is 4.25. The molecule has 0 fully saturated rings. The molecule has 0 amide bonds. The summed E-state index contributed by atoms with van der Waals surface area (Å²) >= 11 is 3.42. The van der Waals surface area contributed by atoms with Gasteiger partial charge in [0.05, 0.1) is 13.7 Å². The maximum absolute atomic E-state index is 5.22. The van der Waals surface area contributed by atoms with Gasteiger partial charge in [-0.1, -0.05) is 15.9 Å². The Morgan fingerprint density at radius 3 is 2.69 bits per heavy atom. The van der Waals surface area contributed by atoms with Gasteiger partial charge in [0.2, 0.25) is 0 Å². The highest BCUT2D eigenvalue weighted by molar-refractivity contribution is 9.10. The summed E-state index contributed by atoms with van der Waals surface area (Å²) in [5, 5.41) is 0. The summed E-state index contributed by atoms with van der Waals surface area (Å²) in [5.74, 6) is 0.917. The van der Waals surface area contributed by atoms with E-state index >= 15 is 0 Å². The van der Waals surface area contributed by atoms with Crippen molar-refractivity contribution in [3.05, 3.63) is 28.2 Å². The summed E-state index contributed by atoms with van der Waals surface area (Å²) in [7, 11) is 3.38. The molecule has 1 aromatic carbocycles. The normalized spacial score (nSPS) is 10.1. The highest BCUT2D eigenvalue weighted by atomic mass is 79.9. The van der Waals surface area contributed by atoms with Gasteiger partial charge >= 0.3 is 0 Å². The van der Waals surface area contributed by atoms with Gasteiger partial charge in [0, 0.05) is 11.6 Å². The van der Waals surface area contributed by atoms with Gasteiger partial charge in [-0.15, -0.1) is 0 Å². The molecule has 0 saturated heterocycles. The maximum atomic E-state index is 5.22. The van der Waals surface area contributed by atoms with Crippen LogP contribution in [0, 0.1) is 0 Å². The summed E-state index contributed by atoms with van der Waals surface area (Å²) in [4.78, 5) is 0. The Bertz CT molecular complexity index is 274. The molecular weight excluding hydrogens is 232 g/mol. The van der Waals surface area contributed by atoms with E-state index in [1.807, 2.05) is 12.1 Å². The second-order valence-electron chi connectivity index (χ2n) is 2.70. The van der Waals surface area contributed by atoms with E-state index in [-0.39, 0.29) is 0 Å². The fraction of sp³-hybridized carbons (Fsp3) is 0.400. The minimum absolute atomic E-state index is 0.715. The molecule has 3 heteroatoms. The number of halogens is 1. The molecular formula is C10H13BrO2. The van der Waals surface area contributed by atoms with Crippen molar-refractivity contribution >= 4 is 15.9 Å². The molecule has 0 heterocycles. The monoisotopic (exact) mass is 244 g/mol. The van der Waals surface area contributed by atoms with Crippen LogP contribution < -0.4 is 4.74 Å². The van der Waals surface area contributed by atoms with Crippen LogP contribution in [0.2, 0.25) is 0 Å². The summed E-state index contributed by atoms with van der Waals surface area (Å²) in [5.41, 5.74) is 1.17. The molecule has 0 aromatic heterocycles. The van der Waals surface area contributed by atoms with Gasteiger partial charge < -0.3 is 9.47 Å². The number of hydrogen-bond acceptors (Lipinski definition) is 2. The van der Waals surface area contributed by atoms with Crippen molar-refractivity contribution in [2.75, 3.05) is 20.8 Å². The number of ether oxygens (including phenoxy) is 2. The van der Waals surface area contributed by atoms with Crippen LogP contribution in [0.25, 0.3) is 0 Å². The first kappa shape index (κ1) is 10.5. The van der Waals surface area contributed by atoms with Gasteiger partial charge in [-0.25, -0.2) is 0 Å². The number of methoxy groups -OCH3 is 2. The molecule has 0 unspecified atom stereocenters. The second-order valence-corrected chi connectivity index (χ2v) is 3.61. The fourth-order valence-electron chi connectivity index (χ4n) is 1.15. The fourth-order valence-corrected chi connectivity index (χ4v) is 1.56. The van der Waals surface area contributed by atoms with Gasteiger partial charge in [-0.05, 0) is 30.2 Å². The molecule has 2 nitrogen and oxygen atoms in total. The molecule has 0 N–H and O–H groups in total. The van der Waals surface area contributed by atoms with Gasteiger partial charge in [0.1, 0.15) is 5.75 Å². The largest absolute Gasteiger partial charge is 0.496 e. The minimum Gasteiger partial charge on any atom is -0.496 e. The van der Waals surface area contributed by atoms with E-state index in [0.29, 0.717) is 6.61 Å². The van der Waals surface area contributed by atoms with Crippen LogP contribution in [0.15, 0.2) is 22.7 Å². The second kappa shape index (κ2) is 5.25. The maximum Gasteiger partial charge on any atom is 0.122 e. The van der Waals surface area contributed by atoms with Crippen LogP contribution in [0.3, 0.4) is 0 Å². The molecule has 0 atom stereocenters. The lowest BCUT2D eigenvalue weighted by molar-refractivity contribution is 0.201. The molecule has 0 aliphatic carbocycles. The third-order valence-corrected chi connectivity index (χ3v) is 2.31. The van der Waals surface area contributed by atoms with Gasteiger partial charge in [0.15, 0.2) is 0 Å². The van der Waals surface area contributed by atoms with Gasteiger partial charge in [0.25, 0.3) is 0 Å². The Hall–Kier alpha value is -0.540. The van der Waals surface area contributed by atoms with Crippen LogP contribution in [0.4, 0.5) is 0 Å². The van der Waals surface area contributed by atoms with E-state index in [0.717, 1.165) is 16.6 Å². The number of hydrogen-bond donors (Lipinski definition) is 0. The Labute approximate surface area is 87.0 Å². The quantitative estimate of drug-likeness (QED) is 0.811. The van der Waals surface area contributed by atoms with Crippen LogP contribution >= 0.6 is 15.9 Å². The van der Waals surface area contributed by atoms with Crippen molar-refractivity contribution in [3.8, 4) is 5.75 Å². The predicted octanol–water partition coefficient (Wildman–Crippen LogP) is 2.65. The van der Waals surface area contributed by atoms with Gasteiger partial charge in [-0.2, -0.15) is 0 Å². The Morgan fingerprint density at radius 1 is 1.31 bits per heavy atom. The first-order chi connectivity index (χ1) is 6.27. The van der Waals surface area contributed by atoms with Crippen molar-refractivity contribution in [2.24, 2.45) is 0 Å². The lowest BCUT2D eigenvalue weighted by Gasteiger charge is -2.07. The van der Waals surface area contributed by atoms with E-state index in [1.165, 1.54) is 5.56 Å². The smallest absolute Gasteiger partial charge is 0.122 e. The molecule has 72 valence electrons. The topological polar surface area (TPSA) is 18.5 Å². The van der Waals surface area contributed by atoms with E-state index in [4.69, 9.17) is 9.47 Å². The van der Waals surface area contributed by atoms with Crippen molar-refractivity contribution in [1.82, 2.24) is 0 Å². The molecule has 0 aliphatic rings. The lowest BCUT2D eigenvalue weighted by Crippen LogP contribution is -1.97. The van der Waals surface area contributed by atoms with Crippen LogP contribution in [-0.4, -0.2) is 20.8 Å². The van der Waals surface area contributed by atoms with E-state index in [2.05, 4.69) is 22.0 Å². The zero-order valence-electron chi connectivity index (χ0n) is 7.84. The van der Waals surface area contributed by atoms with Crippen LogP contribution in [-0.2, 0) is 11.2 Å². The SMILES string of the molecule is COCCc1cc(Br)ccc1OC. The number of benzene rings is 1. The van der Waals surface area contributed by atoms with Gasteiger partial charge in [-0.3, -0.25) is 0 Å². The van der Waals surface area contributed by atoms with E-state index in [1.54, 1.807) is 14.2 Å². The molecule has 0 bridgehead atoms.